The van der Waals surface area contributed by atoms with Crippen molar-refractivity contribution in [2.45, 2.75) is 78.3 Å². The minimum Gasteiger partial charge on any atom is -0.343 e. The van der Waals surface area contributed by atoms with Gasteiger partial charge in [0.05, 0.1) is 24.7 Å². The predicted molar refractivity (Wildman–Crippen MR) is 94.4 cm³/mol. The van der Waals surface area contributed by atoms with Crippen LogP contribution in [0.3, 0.4) is 0 Å². The van der Waals surface area contributed by atoms with Crippen LogP contribution in [0.25, 0.3) is 0 Å². The Morgan fingerprint density at radius 2 is 2.08 bits per heavy atom. The van der Waals surface area contributed by atoms with Gasteiger partial charge in [0.1, 0.15) is 0 Å². The monoisotopic (exact) mass is 330 g/mol. The van der Waals surface area contributed by atoms with E-state index >= 15 is 0 Å². The summed E-state index contributed by atoms with van der Waals surface area (Å²) in [6, 6.07) is 2.55. The molecule has 0 aliphatic heterocycles. The van der Waals surface area contributed by atoms with Crippen molar-refractivity contribution < 1.29 is 4.79 Å². The first-order valence-corrected chi connectivity index (χ1v) is 9.11. The summed E-state index contributed by atoms with van der Waals surface area (Å²) in [4.78, 5) is 14.6. The normalized spacial score (nSPS) is 20.6. The second-order valence-electron chi connectivity index (χ2n) is 7.11. The first kappa shape index (κ1) is 18.5. The number of aryl methyl sites for hydroxylation is 2. The van der Waals surface area contributed by atoms with Gasteiger partial charge in [0.15, 0.2) is 0 Å². The molecule has 1 amide bonds. The smallest absolute Gasteiger partial charge is 0.222 e. The van der Waals surface area contributed by atoms with E-state index in [1.165, 1.54) is 19.3 Å². The molecule has 2 rings (SSSR count). The van der Waals surface area contributed by atoms with Gasteiger partial charge in [-0.2, -0.15) is 10.4 Å². The summed E-state index contributed by atoms with van der Waals surface area (Å²) in [6.45, 7) is 6.91. The maximum Gasteiger partial charge on any atom is 0.222 e. The fraction of sp³-hybridized carbons (Fsp3) is 0.737. The maximum absolute atomic E-state index is 12.6. The number of nitrogens with zero attached hydrogens (tertiary/aromatic N) is 4. The largest absolute Gasteiger partial charge is 0.343 e. The van der Waals surface area contributed by atoms with Crippen LogP contribution < -0.4 is 0 Å². The molecule has 1 fully saturated rings. The molecular weight excluding hydrogens is 300 g/mol. The molecule has 0 N–H and O–H groups in total. The Morgan fingerprint density at radius 3 is 2.75 bits per heavy atom. The van der Waals surface area contributed by atoms with Gasteiger partial charge in [0.2, 0.25) is 5.91 Å². The van der Waals surface area contributed by atoms with Crippen molar-refractivity contribution in [1.29, 1.82) is 5.26 Å². The third kappa shape index (κ3) is 4.17. The molecule has 0 bridgehead atoms. The highest BCUT2D eigenvalue weighted by Crippen LogP contribution is 2.28. The summed E-state index contributed by atoms with van der Waals surface area (Å²) in [6.07, 6.45) is 6.61. The summed E-state index contributed by atoms with van der Waals surface area (Å²) >= 11 is 0. The Morgan fingerprint density at radius 1 is 1.38 bits per heavy atom. The summed E-state index contributed by atoms with van der Waals surface area (Å²) in [5.41, 5.74) is 3.22. The summed E-state index contributed by atoms with van der Waals surface area (Å²) in [5, 5.41) is 13.2. The first-order valence-electron chi connectivity index (χ1n) is 9.11. The SMILES string of the molecule is Cc1nn(CCC#N)c(C)c1CCC(=O)N(C)C1CCCCC1C. The van der Waals surface area contributed by atoms with E-state index in [-0.39, 0.29) is 5.91 Å². The van der Waals surface area contributed by atoms with E-state index in [0.717, 1.165) is 29.8 Å². The maximum atomic E-state index is 12.6. The molecule has 2 unspecified atom stereocenters. The van der Waals surface area contributed by atoms with E-state index < -0.39 is 0 Å². The standard InChI is InChI=1S/C19H30N4O/c1-14-8-5-6-9-18(14)22(4)19(24)11-10-17-15(2)21-23(16(17)3)13-7-12-20/h14,18H,5-11,13H2,1-4H3. The summed E-state index contributed by atoms with van der Waals surface area (Å²) < 4.78 is 1.89. The highest BCUT2D eigenvalue weighted by Gasteiger charge is 2.27. The van der Waals surface area contributed by atoms with Crippen molar-refractivity contribution in [3.05, 3.63) is 17.0 Å². The van der Waals surface area contributed by atoms with Crippen molar-refractivity contribution in [1.82, 2.24) is 14.7 Å². The fourth-order valence-corrected chi connectivity index (χ4v) is 3.93. The number of aromatic nitrogens is 2. The third-order valence-electron chi connectivity index (χ3n) is 5.51. The topological polar surface area (TPSA) is 61.9 Å². The molecule has 0 radical (unpaired) electrons. The van der Waals surface area contributed by atoms with Gasteiger partial charge in [-0.25, -0.2) is 0 Å². The molecule has 1 aromatic rings. The Balaban J connectivity index is 1.96. The van der Waals surface area contributed by atoms with E-state index in [2.05, 4.69) is 18.1 Å². The van der Waals surface area contributed by atoms with Crippen molar-refractivity contribution in [2.24, 2.45) is 5.92 Å². The number of nitriles is 1. The number of carbonyl (C=O) groups is 1. The lowest BCUT2D eigenvalue weighted by Gasteiger charge is -2.36. The molecule has 2 atom stereocenters. The highest BCUT2D eigenvalue weighted by molar-refractivity contribution is 5.76. The van der Waals surface area contributed by atoms with Gasteiger partial charge in [-0.15, -0.1) is 0 Å². The number of hydrogen-bond donors (Lipinski definition) is 0. The van der Waals surface area contributed by atoms with Crippen molar-refractivity contribution >= 4 is 5.91 Å². The Kier molecular flexibility index (Phi) is 6.42. The quantitative estimate of drug-likeness (QED) is 0.803. The first-order chi connectivity index (χ1) is 11.5. The van der Waals surface area contributed by atoms with E-state index in [9.17, 15) is 4.79 Å². The number of rotatable bonds is 6. The van der Waals surface area contributed by atoms with Crippen LogP contribution in [-0.4, -0.2) is 33.7 Å². The van der Waals surface area contributed by atoms with Crippen LogP contribution in [0.2, 0.25) is 0 Å². The van der Waals surface area contributed by atoms with Crippen LogP contribution in [0.15, 0.2) is 0 Å². The lowest BCUT2D eigenvalue weighted by Crippen LogP contribution is -2.42. The zero-order chi connectivity index (χ0) is 17.7. The fourth-order valence-electron chi connectivity index (χ4n) is 3.93. The van der Waals surface area contributed by atoms with Crippen molar-refractivity contribution in [2.75, 3.05) is 7.05 Å². The Labute approximate surface area is 145 Å². The molecule has 5 heteroatoms. The highest BCUT2D eigenvalue weighted by atomic mass is 16.2. The molecule has 1 aliphatic rings. The van der Waals surface area contributed by atoms with Gasteiger partial charge in [-0.1, -0.05) is 19.8 Å². The van der Waals surface area contributed by atoms with Crippen LogP contribution in [0.5, 0.6) is 0 Å². The minimum atomic E-state index is 0.234. The van der Waals surface area contributed by atoms with Crippen LogP contribution in [-0.2, 0) is 17.8 Å². The second kappa shape index (κ2) is 8.32. The molecule has 1 saturated carbocycles. The molecular formula is C19H30N4O. The van der Waals surface area contributed by atoms with Crippen molar-refractivity contribution in [3.8, 4) is 6.07 Å². The Hall–Kier alpha value is -1.83. The molecule has 132 valence electrons. The molecule has 1 heterocycles. The number of carbonyl (C=O) groups excluding carboxylic acids is 1. The number of hydrogen-bond acceptors (Lipinski definition) is 3. The Bertz CT molecular complexity index is 614. The lowest BCUT2D eigenvalue weighted by atomic mass is 9.85. The van der Waals surface area contributed by atoms with Gasteiger partial charge >= 0.3 is 0 Å². The molecule has 24 heavy (non-hydrogen) atoms. The molecule has 1 aromatic heterocycles. The van der Waals surface area contributed by atoms with E-state index in [0.29, 0.717) is 31.3 Å². The average Bonchev–Trinajstić information content (AvgIpc) is 2.84. The van der Waals surface area contributed by atoms with Gasteiger partial charge in [0.25, 0.3) is 0 Å². The van der Waals surface area contributed by atoms with E-state index in [1.807, 2.05) is 30.5 Å². The second-order valence-corrected chi connectivity index (χ2v) is 7.11. The average molecular weight is 330 g/mol. The summed E-state index contributed by atoms with van der Waals surface area (Å²) in [7, 11) is 1.96. The van der Waals surface area contributed by atoms with Gasteiger partial charge in [0, 0.05) is 25.2 Å². The molecule has 5 nitrogen and oxygen atoms in total. The van der Waals surface area contributed by atoms with Crippen LogP contribution in [0, 0.1) is 31.1 Å². The molecule has 0 spiro atoms. The van der Waals surface area contributed by atoms with E-state index in [1.54, 1.807) is 0 Å². The van der Waals surface area contributed by atoms with Gasteiger partial charge in [-0.05, 0) is 44.6 Å². The summed E-state index contributed by atoms with van der Waals surface area (Å²) in [5.74, 6) is 0.835. The van der Waals surface area contributed by atoms with Crippen molar-refractivity contribution in [3.63, 3.8) is 0 Å². The van der Waals surface area contributed by atoms with Crippen LogP contribution >= 0.6 is 0 Å². The zero-order valence-corrected chi connectivity index (χ0v) is 15.5. The lowest BCUT2D eigenvalue weighted by molar-refractivity contribution is -0.133. The zero-order valence-electron chi connectivity index (χ0n) is 15.5. The molecule has 0 aromatic carbocycles. The van der Waals surface area contributed by atoms with Gasteiger partial charge in [-0.3, -0.25) is 9.48 Å². The van der Waals surface area contributed by atoms with Crippen LogP contribution in [0.1, 0.15) is 62.4 Å². The molecule has 0 saturated heterocycles. The molecule has 1 aliphatic carbocycles. The number of amides is 1. The predicted octanol–water partition coefficient (Wildman–Crippen LogP) is 3.38. The van der Waals surface area contributed by atoms with Crippen LogP contribution in [0.4, 0.5) is 0 Å². The minimum absolute atomic E-state index is 0.234. The van der Waals surface area contributed by atoms with E-state index in [4.69, 9.17) is 5.26 Å². The third-order valence-corrected chi connectivity index (χ3v) is 5.51. The van der Waals surface area contributed by atoms with Gasteiger partial charge < -0.3 is 4.90 Å².